The largest absolute Gasteiger partial charge is 0.341 e. The molecule has 3 aromatic rings. The number of hydrogen-bond donors (Lipinski definition) is 2. The summed E-state index contributed by atoms with van der Waals surface area (Å²) in [6.45, 7) is 1.66. The Morgan fingerprint density at radius 2 is 1.87 bits per heavy atom. The van der Waals surface area contributed by atoms with Gasteiger partial charge in [0.15, 0.2) is 0 Å². The highest BCUT2D eigenvalue weighted by Gasteiger charge is 2.17. The van der Waals surface area contributed by atoms with Gasteiger partial charge in [0.25, 0.3) is 5.91 Å². The molecule has 0 saturated heterocycles. The molecule has 0 fully saturated rings. The van der Waals surface area contributed by atoms with Gasteiger partial charge in [0.1, 0.15) is 6.04 Å². The summed E-state index contributed by atoms with van der Waals surface area (Å²) in [7, 11) is 0. The van der Waals surface area contributed by atoms with Crippen molar-refractivity contribution in [3.8, 4) is 0 Å². The number of anilines is 1. The van der Waals surface area contributed by atoms with Gasteiger partial charge < -0.3 is 10.6 Å². The zero-order chi connectivity index (χ0) is 16.2. The van der Waals surface area contributed by atoms with Crippen LogP contribution in [0.3, 0.4) is 0 Å². The minimum Gasteiger partial charge on any atom is -0.341 e. The molecule has 0 aliphatic carbocycles. The van der Waals surface area contributed by atoms with Crippen molar-refractivity contribution in [2.24, 2.45) is 0 Å². The maximum Gasteiger partial charge on any atom is 0.251 e. The van der Waals surface area contributed by atoms with Gasteiger partial charge in [-0.25, -0.2) is 4.98 Å². The Labute approximate surface area is 137 Å². The minimum atomic E-state index is -0.647. The van der Waals surface area contributed by atoms with Gasteiger partial charge in [-0.1, -0.05) is 24.3 Å². The summed E-state index contributed by atoms with van der Waals surface area (Å²) in [5.41, 5.74) is 3.81. The average Bonchev–Trinajstić information content (AvgIpc) is 3.05. The normalized spacial score (nSPS) is 11.9. The molecule has 1 unspecified atom stereocenters. The average molecular weight is 325 g/mol. The lowest BCUT2D eigenvalue weighted by Gasteiger charge is -2.14. The van der Waals surface area contributed by atoms with E-state index in [0.29, 0.717) is 11.3 Å². The lowest BCUT2D eigenvalue weighted by molar-refractivity contribution is -0.117. The zero-order valence-electron chi connectivity index (χ0n) is 12.4. The number of amides is 2. The summed E-state index contributed by atoms with van der Waals surface area (Å²) < 4.78 is 0.919. The van der Waals surface area contributed by atoms with E-state index in [2.05, 4.69) is 15.6 Å². The van der Waals surface area contributed by atoms with Crippen molar-refractivity contribution in [3.05, 3.63) is 59.6 Å². The Morgan fingerprint density at radius 3 is 2.65 bits per heavy atom. The topological polar surface area (TPSA) is 71.1 Å². The summed E-state index contributed by atoms with van der Waals surface area (Å²) in [4.78, 5) is 28.6. The second-order valence-corrected chi connectivity index (χ2v) is 5.91. The maximum atomic E-state index is 12.3. The van der Waals surface area contributed by atoms with E-state index < -0.39 is 6.04 Å². The number of thiazole rings is 1. The monoisotopic (exact) mass is 325 g/mol. The van der Waals surface area contributed by atoms with Crippen molar-refractivity contribution in [1.82, 2.24) is 10.3 Å². The summed E-state index contributed by atoms with van der Waals surface area (Å²) in [6.07, 6.45) is 0. The molecule has 6 heteroatoms. The van der Waals surface area contributed by atoms with Crippen LogP contribution in [-0.4, -0.2) is 22.8 Å². The van der Waals surface area contributed by atoms with Gasteiger partial charge in [-0.2, -0.15) is 0 Å². The fourth-order valence-electron chi connectivity index (χ4n) is 2.16. The number of hydrogen-bond acceptors (Lipinski definition) is 4. The number of carbonyl (C=O) groups excluding carboxylic acids is 2. The van der Waals surface area contributed by atoms with Crippen LogP contribution in [-0.2, 0) is 4.79 Å². The molecule has 0 saturated carbocycles. The van der Waals surface area contributed by atoms with Gasteiger partial charge in [-0.15, -0.1) is 11.3 Å². The van der Waals surface area contributed by atoms with Crippen molar-refractivity contribution < 1.29 is 9.59 Å². The molecular weight excluding hydrogens is 310 g/mol. The third kappa shape index (κ3) is 3.37. The van der Waals surface area contributed by atoms with Crippen LogP contribution in [0.1, 0.15) is 17.3 Å². The number of nitrogens with one attached hydrogen (secondary N) is 2. The Hall–Kier alpha value is -2.73. The first kappa shape index (κ1) is 15.2. The highest BCUT2D eigenvalue weighted by atomic mass is 32.1. The first-order valence-corrected chi connectivity index (χ1v) is 8.02. The molecule has 3 rings (SSSR count). The molecule has 5 nitrogen and oxygen atoms in total. The molecule has 2 N–H and O–H groups in total. The van der Waals surface area contributed by atoms with Crippen LogP contribution in [0, 0.1) is 0 Å². The highest BCUT2D eigenvalue weighted by Crippen LogP contribution is 2.26. The Bertz CT molecular complexity index is 845. The molecule has 2 amide bonds. The summed E-state index contributed by atoms with van der Waals surface area (Å²) in [5, 5.41) is 5.54. The van der Waals surface area contributed by atoms with Crippen LogP contribution in [0.2, 0.25) is 0 Å². The van der Waals surface area contributed by atoms with E-state index >= 15 is 0 Å². The van der Waals surface area contributed by atoms with Gasteiger partial charge >= 0.3 is 0 Å². The minimum absolute atomic E-state index is 0.268. The van der Waals surface area contributed by atoms with Crippen LogP contribution < -0.4 is 10.6 Å². The summed E-state index contributed by atoms with van der Waals surface area (Å²) >= 11 is 1.47. The van der Waals surface area contributed by atoms with E-state index in [1.807, 2.05) is 24.3 Å². The molecule has 2 aromatic carbocycles. The van der Waals surface area contributed by atoms with Crippen molar-refractivity contribution in [2.75, 3.05) is 5.32 Å². The number of carbonyl (C=O) groups is 2. The van der Waals surface area contributed by atoms with E-state index in [1.54, 1.807) is 36.7 Å². The number of fused-ring (bicyclic) bond motifs is 1. The van der Waals surface area contributed by atoms with E-state index in [1.165, 1.54) is 11.3 Å². The van der Waals surface area contributed by atoms with Crippen LogP contribution in [0.4, 0.5) is 5.69 Å². The quantitative estimate of drug-likeness (QED) is 0.774. The van der Waals surface area contributed by atoms with E-state index in [9.17, 15) is 9.59 Å². The molecule has 0 aliphatic rings. The Kier molecular flexibility index (Phi) is 4.34. The van der Waals surface area contributed by atoms with Gasteiger partial charge in [0.2, 0.25) is 5.91 Å². The number of aromatic nitrogens is 1. The first-order chi connectivity index (χ1) is 11.1. The summed E-state index contributed by atoms with van der Waals surface area (Å²) in [6, 6.07) is 13.7. The van der Waals surface area contributed by atoms with Crippen LogP contribution >= 0.6 is 11.3 Å². The fraction of sp³-hybridized carbons (Fsp3) is 0.118. The van der Waals surface area contributed by atoms with Crippen molar-refractivity contribution in [3.63, 3.8) is 0 Å². The van der Waals surface area contributed by atoms with E-state index in [0.717, 1.165) is 10.2 Å². The number of benzene rings is 2. The third-order valence-corrected chi connectivity index (χ3v) is 4.27. The lowest BCUT2D eigenvalue weighted by atomic mass is 10.2. The molecule has 23 heavy (non-hydrogen) atoms. The highest BCUT2D eigenvalue weighted by molar-refractivity contribution is 7.17. The van der Waals surface area contributed by atoms with E-state index in [-0.39, 0.29) is 11.8 Å². The fourth-order valence-corrected chi connectivity index (χ4v) is 2.92. The molecule has 0 aliphatic heterocycles. The molecule has 0 spiro atoms. The molecule has 1 aromatic heterocycles. The predicted octanol–water partition coefficient (Wildman–Crippen LogP) is 3.05. The number of nitrogens with zero attached hydrogens (tertiary/aromatic N) is 1. The van der Waals surface area contributed by atoms with Gasteiger partial charge in [0, 0.05) is 5.56 Å². The molecule has 1 heterocycles. The SMILES string of the molecule is CC(NC(=O)c1ccccc1)C(=O)Nc1cccc2ncsc12. The van der Waals surface area contributed by atoms with Crippen LogP contribution in [0.25, 0.3) is 10.2 Å². The second kappa shape index (κ2) is 6.58. The molecule has 1 atom stereocenters. The molecule has 0 bridgehead atoms. The lowest BCUT2D eigenvalue weighted by Crippen LogP contribution is -2.41. The molecule has 0 radical (unpaired) electrons. The second-order valence-electron chi connectivity index (χ2n) is 5.06. The molecule has 116 valence electrons. The Morgan fingerprint density at radius 1 is 1.09 bits per heavy atom. The van der Waals surface area contributed by atoms with Crippen molar-refractivity contribution in [1.29, 1.82) is 0 Å². The van der Waals surface area contributed by atoms with Gasteiger partial charge in [0.05, 0.1) is 21.4 Å². The third-order valence-electron chi connectivity index (χ3n) is 3.39. The first-order valence-electron chi connectivity index (χ1n) is 7.14. The smallest absolute Gasteiger partial charge is 0.251 e. The van der Waals surface area contributed by atoms with E-state index in [4.69, 9.17) is 0 Å². The van der Waals surface area contributed by atoms with Gasteiger partial charge in [-0.05, 0) is 31.2 Å². The summed E-state index contributed by atoms with van der Waals surface area (Å²) in [5.74, 6) is -0.542. The predicted molar refractivity (Wildman–Crippen MR) is 91.6 cm³/mol. The van der Waals surface area contributed by atoms with Crippen molar-refractivity contribution >= 4 is 39.1 Å². The van der Waals surface area contributed by atoms with Gasteiger partial charge in [-0.3, -0.25) is 9.59 Å². The van der Waals surface area contributed by atoms with Crippen LogP contribution in [0.15, 0.2) is 54.0 Å². The Balaban J connectivity index is 1.68. The standard InChI is InChI=1S/C17H15N3O2S/c1-11(19-17(22)12-6-3-2-4-7-12)16(21)20-14-9-5-8-13-15(14)23-10-18-13/h2-11H,1H3,(H,19,22)(H,20,21). The number of rotatable bonds is 4. The maximum absolute atomic E-state index is 12.3. The van der Waals surface area contributed by atoms with Crippen LogP contribution in [0.5, 0.6) is 0 Å². The zero-order valence-corrected chi connectivity index (χ0v) is 13.3. The van der Waals surface area contributed by atoms with Crippen molar-refractivity contribution in [2.45, 2.75) is 13.0 Å². The molecular formula is C17H15N3O2S.